The number of esters is 1. The van der Waals surface area contributed by atoms with Crippen LogP contribution in [0.1, 0.15) is 71.7 Å². The van der Waals surface area contributed by atoms with Crippen molar-refractivity contribution in [3.63, 3.8) is 0 Å². The second-order valence-corrected chi connectivity index (χ2v) is 10.9. The van der Waals surface area contributed by atoms with E-state index in [2.05, 4.69) is 5.32 Å². The molecular weight excluding hydrogens is 484 g/mol. The van der Waals surface area contributed by atoms with E-state index < -0.39 is 28.5 Å². The third kappa shape index (κ3) is 4.62. The summed E-state index contributed by atoms with van der Waals surface area (Å²) in [6.45, 7) is 1.53. The summed E-state index contributed by atoms with van der Waals surface area (Å²) in [6, 6.07) is 9.75. The molecule has 0 aromatic heterocycles. The molecule has 0 saturated heterocycles. The molecule has 4 fully saturated rings. The van der Waals surface area contributed by atoms with E-state index >= 15 is 0 Å². The van der Waals surface area contributed by atoms with Gasteiger partial charge in [0, 0.05) is 22.7 Å². The van der Waals surface area contributed by atoms with Crippen LogP contribution in [0.25, 0.3) is 0 Å². The van der Waals surface area contributed by atoms with Gasteiger partial charge in [-0.2, -0.15) is 0 Å². The quantitative estimate of drug-likeness (QED) is 0.239. The van der Waals surface area contributed by atoms with Crippen molar-refractivity contribution in [3.05, 3.63) is 74.3 Å². The first kappa shape index (κ1) is 24.4. The largest absolute Gasteiger partial charge is 0.449 e. The molecule has 0 spiro atoms. The summed E-state index contributed by atoms with van der Waals surface area (Å²) in [5, 5.41) is 14.3. The minimum Gasteiger partial charge on any atom is -0.449 e. The average molecular weight is 511 g/mol. The first-order valence-corrected chi connectivity index (χ1v) is 12.6. The van der Waals surface area contributed by atoms with Crippen LogP contribution in [0.15, 0.2) is 42.5 Å². The molecule has 0 unspecified atom stereocenters. The molecule has 2 aromatic carbocycles. The zero-order valence-corrected chi connectivity index (χ0v) is 20.6. The Balaban J connectivity index is 1.30. The number of ether oxygens (including phenoxy) is 1. The summed E-state index contributed by atoms with van der Waals surface area (Å²) in [5.41, 5.74) is -0.595. The number of nitrogens with one attached hydrogen (secondary N) is 1. The molecule has 0 heterocycles. The van der Waals surface area contributed by atoms with E-state index in [-0.39, 0.29) is 33.2 Å². The van der Waals surface area contributed by atoms with Gasteiger partial charge in [-0.25, -0.2) is 4.79 Å². The molecule has 0 radical (unpaired) electrons. The Morgan fingerprint density at radius 1 is 1.03 bits per heavy atom. The Kier molecular flexibility index (Phi) is 6.32. The van der Waals surface area contributed by atoms with Gasteiger partial charge in [0.05, 0.1) is 10.5 Å². The zero-order chi connectivity index (χ0) is 25.6. The van der Waals surface area contributed by atoms with Crippen LogP contribution in [-0.2, 0) is 9.53 Å². The normalized spacial score (nSPS) is 26.8. The van der Waals surface area contributed by atoms with Crippen LogP contribution >= 0.6 is 11.6 Å². The lowest BCUT2D eigenvalue weighted by Gasteiger charge is -2.57. The highest BCUT2D eigenvalue weighted by atomic mass is 35.5. The monoisotopic (exact) mass is 510 g/mol. The molecule has 9 heteroatoms. The van der Waals surface area contributed by atoms with E-state index in [4.69, 9.17) is 16.3 Å². The minimum absolute atomic E-state index is 0.0129. The van der Waals surface area contributed by atoms with Crippen molar-refractivity contribution >= 4 is 34.9 Å². The van der Waals surface area contributed by atoms with Crippen LogP contribution in [0.5, 0.6) is 0 Å². The number of rotatable bonds is 7. The van der Waals surface area contributed by atoms with Gasteiger partial charge >= 0.3 is 5.97 Å². The maximum absolute atomic E-state index is 13.1. The lowest BCUT2D eigenvalue weighted by Crippen LogP contribution is -2.61. The average Bonchev–Trinajstić information content (AvgIpc) is 2.82. The number of carbonyl (C=O) groups is 3. The number of hydrogen-bond acceptors (Lipinski definition) is 6. The van der Waals surface area contributed by atoms with Gasteiger partial charge in [-0.3, -0.25) is 19.7 Å². The molecule has 1 amide bonds. The fourth-order valence-corrected chi connectivity index (χ4v) is 6.90. The second kappa shape index (κ2) is 9.32. The maximum atomic E-state index is 13.1. The lowest BCUT2D eigenvalue weighted by atomic mass is 9.53. The summed E-state index contributed by atoms with van der Waals surface area (Å²) in [7, 11) is 0. The van der Waals surface area contributed by atoms with E-state index in [1.807, 2.05) is 0 Å². The fraction of sp³-hybridized carbons (Fsp3) is 0.444. The molecule has 1 atom stereocenters. The van der Waals surface area contributed by atoms with Gasteiger partial charge in [-0.05, 0) is 81.4 Å². The summed E-state index contributed by atoms with van der Waals surface area (Å²) >= 11 is 5.86. The van der Waals surface area contributed by atoms with Gasteiger partial charge in [0.25, 0.3) is 11.6 Å². The Bertz CT molecular complexity index is 1220. The molecule has 2 aromatic rings. The van der Waals surface area contributed by atoms with E-state index in [1.54, 1.807) is 12.1 Å². The summed E-state index contributed by atoms with van der Waals surface area (Å²) in [5.74, 6) is 0.258. The number of nitro benzene ring substituents is 1. The number of benzene rings is 2. The van der Waals surface area contributed by atoms with E-state index in [1.165, 1.54) is 50.5 Å². The van der Waals surface area contributed by atoms with E-state index in [9.17, 15) is 24.5 Å². The molecule has 4 aliphatic carbocycles. The molecule has 188 valence electrons. The highest BCUT2D eigenvalue weighted by Crippen LogP contribution is 2.55. The molecule has 4 aliphatic rings. The summed E-state index contributed by atoms with van der Waals surface area (Å²) < 4.78 is 5.49. The molecule has 6 rings (SSSR count). The molecule has 1 N–H and O–H groups in total. The van der Waals surface area contributed by atoms with Gasteiger partial charge in [-0.1, -0.05) is 29.8 Å². The number of halogens is 1. The highest BCUT2D eigenvalue weighted by molar-refractivity contribution is 6.33. The highest BCUT2D eigenvalue weighted by Gasteiger charge is 2.51. The molecule has 4 bridgehead atoms. The first-order chi connectivity index (χ1) is 17.1. The van der Waals surface area contributed by atoms with Crippen molar-refractivity contribution < 1.29 is 24.0 Å². The van der Waals surface area contributed by atoms with Crippen molar-refractivity contribution in [1.29, 1.82) is 0 Å². The van der Waals surface area contributed by atoms with Crippen molar-refractivity contribution in [2.75, 3.05) is 0 Å². The van der Waals surface area contributed by atoms with Crippen LogP contribution in [0.4, 0.5) is 5.69 Å². The van der Waals surface area contributed by atoms with Gasteiger partial charge < -0.3 is 10.1 Å². The Morgan fingerprint density at radius 3 is 2.19 bits per heavy atom. The molecule has 8 nitrogen and oxygen atoms in total. The first-order valence-electron chi connectivity index (χ1n) is 12.2. The number of ketones is 1. The van der Waals surface area contributed by atoms with Gasteiger partial charge in [-0.15, -0.1) is 0 Å². The number of hydrogen-bond donors (Lipinski definition) is 1. The van der Waals surface area contributed by atoms with Gasteiger partial charge in [0.15, 0.2) is 11.9 Å². The van der Waals surface area contributed by atoms with Crippen molar-refractivity contribution in [3.8, 4) is 0 Å². The van der Waals surface area contributed by atoms with Crippen LogP contribution in [0.2, 0.25) is 5.02 Å². The maximum Gasteiger partial charge on any atom is 0.339 e. The van der Waals surface area contributed by atoms with Crippen molar-refractivity contribution in [1.82, 2.24) is 5.32 Å². The van der Waals surface area contributed by atoms with E-state index in [0.29, 0.717) is 17.8 Å². The molecule has 0 aliphatic heterocycles. The summed E-state index contributed by atoms with van der Waals surface area (Å²) in [6.07, 6.45) is 5.66. The van der Waals surface area contributed by atoms with Crippen LogP contribution < -0.4 is 5.32 Å². The Hall–Kier alpha value is -3.26. The number of carbonyl (C=O) groups excluding carboxylic acids is 3. The van der Waals surface area contributed by atoms with Crippen LogP contribution in [0.3, 0.4) is 0 Å². The SMILES string of the molecule is C[C@@H](OC(=O)c1ccccc1C(=O)c1ccc(Cl)c([N+](=O)[O-])c1)C(=O)NC12CC3CC(CC(C3)C1)C2. The number of nitro groups is 1. The zero-order valence-electron chi connectivity index (χ0n) is 19.9. The minimum atomic E-state index is -1.04. The van der Waals surface area contributed by atoms with Crippen LogP contribution in [-0.4, -0.2) is 34.2 Å². The lowest BCUT2D eigenvalue weighted by molar-refractivity contribution is -0.384. The van der Waals surface area contributed by atoms with Gasteiger partial charge in [0.2, 0.25) is 0 Å². The third-order valence-electron chi connectivity index (χ3n) is 7.88. The standard InChI is InChI=1S/C27H27ClN2O6/c1-15(25(32)29-27-12-16-8-17(13-27)10-18(9-16)14-27)36-26(33)21-5-3-2-4-20(21)24(31)19-6-7-22(28)23(11-19)30(34)35/h2-7,11,15-18H,8-10,12-14H2,1H3,(H,29,32)/t15-,16?,17?,18?,27?/m1/s1. The second-order valence-electron chi connectivity index (χ2n) is 10.5. The third-order valence-corrected chi connectivity index (χ3v) is 8.20. The summed E-state index contributed by atoms with van der Waals surface area (Å²) in [4.78, 5) is 49.7. The van der Waals surface area contributed by atoms with Crippen molar-refractivity contribution in [2.24, 2.45) is 17.8 Å². The Morgan fingerprint density at radius 2 is 1.61 bits per heavy atom. The molecule has 4 saturated carbocycles. The smallest absolute Gasteiger partial charge is 0.339 e. The molecule has 36 heavy (non-hydrogen) atoms. The van der Waals surface area contributed by atoms with Gasteiger partial charge in [0.1, 0.15) is 5.02 Å². The van der Waals surface area contributed by atoms with E-state index in [0.717, 1.165) is 25.3 Å². The predicted molar refractivity (Wildman–Crippen MR) is 132 cm³/mol. The topological polar surface area (TPSA) is 116 Å². The predicted octanol–water partition coefficient (Wildman–Crippen LogP) is 5.11. The number of amides is 1. The Labute approximate surface area is 213 Å². The van der Waals surface area contributed by atoms with Crippen LogP contribution in [0, 0.1) is 27.9 Å². The van der Waals surface area contributed by atoms with Crippen molar-refractivity contribution in [2.45, 2.75) is 57.1 Å². The molecular formula is C27H27ClN2O6. The fourth-order valence-electron chi connectivity index (χ4n) is 6.71. The number of nitrogens with zero attached hydrogens (tertiary/aromatic N) is 1.